The van der Waals surface area contributed by atoms with Crippen molar-refractivity contribution < 1.29 is 14.7 Å². The number of carbonyl (C=O) groups is 2. The van der Waals surface area contributed by atoms with E-state index in [9.17, 15) is 14.7 Å². The van der Waals surface area contributed by atoms with Crippen LogP contribution in [0.3, 0.4) is 0 Å². The van der Waals surface area contributed by atoms with Gasteiger partial charge in [0.2, 0.25) is 5.91 Å². The number of carboxylic acid groups (broad SMARTS) is 1. The molecule has 0 rings (SSSR count). The van der Waals surface area contributed by atoms with Gasteiger partial charge in [-0.05, 0) is 25.7 Å². The minimum atomic E-state index is -1.03. The van der Waals surface area contributed by atoms with Gasteiger partial charge in [-0.2, -0.15) is 0 Å². The zero-order valence-corrected chi connectivity index (χ0v) is 11.4. The van der Waals surface area contributed by atoms with E-state index in [1.165, 1.54) is 4.90 Å². The highest BCUT2D eigenvalue weighted by atomic mass is 16.4. The highest BCUT2D eigenvalue weighted by Gasteiger charge is 2.32. The van der Waals surface area contributed by atoms with Crippen LogP contribution in [0.1, 0.15) is 33.6 Å². The number of hydrogen-bond acceptors (Lipinski definition) is 3. The van der Waals surface area contributed by atoms with Crippen LogP contribution in [-0.2, 0) is 9.59 Å². The van der Waals surface area contributed by atoms with Crippen LogP contribution >= 0.6 is 0 Å². The summed E-state index contributed by atoms with van der Waals surface area (Å²) in [7, 11) is 3.30. The van der Waals surface area contributed by atoms with Gasteiger partial charge >= 0.3 is 5.97 Å². The first-order valence-corrected chi connectivity index (χ1v) is 5.87. The first kappa shape index (κ1) is 15.9. The van der Waals surface area contributed by atoms with Crippen LogP contribution in [0.5, 0.6) is 0 Å². The van der Waals surface area contributed by atoms with E-state index in [1.54, 1.807) is 21.0 Å². The van der Waals surface area contributed by atoms with E-state index < -0.39 is 11.5 Å². The maximum Gasteiger partial charge on any atom is 0.323 e. The van der Waals surface area contributed by atoms with Gasteiger partial charge in [0.05, 0.1) is 6.54 Å². The molecule has 0 saturated carbocycles. The molecule has 0 aliphatic carbocycles. The second-order valence-corrected chi connectivity index (χ2v) is 5.21. The van der Waals surface area contributed by atoms with E-state index in [-0.39, 0.29) is 12.5 Å². The number of aliphatic carboxylic acids is 1. The van der Waals surface area contributed by atoms with Gasteiger partial charge in [0.15, 0.2) is 0 Å². The summed E-state index contributed by atoms with van der Waals surface area (Å²) < 4.78 is 0. The molecule has 0 fully saturated rings. The Hall–Kier alpha value is -1.10. The Balaban J connectivity index is 4.41. The largest absolute Gasteiger partial charge is 0.480 e. The molecule has 0 aliphatic rings. The standard InChI is InChI=1S/C12H24N2O3/c1-9(2)6-7-12(3,11(16)17)13-8-10(15)14(4)5/h9,13H,6-8H2,1-5H3,(H,16,17). The molecule has 1 amide bonds. The number of likely N-dealkylation sites (N-methyl/N-ethyl adjacent to an activating group) is 1. The monoisotopic (exact) mass is 244 g/mol. The Kier molecular flexibility index (Phi) is 6.16. The summed E-state index contributed by atoms with van der Waals surface area (Å²) in [5.41, 5.74) is -1.03. The van der Waals surface area contributed by atoms with Crippen molar-refractivity contribution in [1.29, 1.82) is 0 Å². The third-order valence-electron chi connectivity index (χ3n) is 2.82. The van der Waals surface area contributed by atoms with Crippen molar-refractivity contribution in [2.75, 3.05) is 20.6 Å². The predicted octanol–water partition coefficient (Wildman–Crippen LogP) is 0.944. The van der Waals surface area contributed by atoms with Crippen molar-refractivity contribution >= 4 is 11.9 Å². The van der Waals surface area contributed by atoms with Gasteiger partial charge in [0.25, 0.3) is 0 Å². The number of carbonyl (C=O) groups excluding carboxylic acids is 1. The lowest BCUT2D eigenvalue weighted by Crippen LogP contribution is -2.52. The molecule has 1 unspecified atom stereocenters. The SMILES string of the molecule is CC(C)CCC(C)(NCC(=O)N(C)C)C(=O)O. The average Bonchev–Trinajstić information content (AvgIpc) is 2.22. The van der Waals surface area contributed by atoms with Crippen molar-refractivity contribution in [3.8, 4) is 0 Å². The molecule has 0 aromatic heterocycles. The third kappa shape index (κ3) is 5.68. The van der Waals surface area contributed by atoms with E-state index in [0.29, 0.717) is 12.3 Å². The fraction of sp³-hybridized carbons (Fsp3) is 0.833. The zero-order valence-electron chi connectivity index (χ0n) is 11.4. The molecule has 0 bridgehead atoms. The van der Waals surface area contributed by atoms with Gasteiger partial charge in [-0.15, -0.1) is 0 Å². The number of hydrogen-bond donors (Lipinski definition) is 2. The molecule has 0 heterocycles. The Morgan fingerprint density at radius 3 is 2.24 bits per heavy atom. The number of nitrogens with one attached hydrogen (secondary N) is 1. The highest BCUT2D eigenvalue weighted by Crippen LogP contribution is 2.16. The van der Waals surface area contributed by atoms with Crippen molar-refractivity contribution in [2.24, 2.45) is 5.92 Å². The second-order valence-electron chi connectivity index (χ2n) is 5.21. The average molecular weight is 244 g/mol. The number of carboxylic acids is 1. The fourth-order valence-electron chi connectivity index (χ4n) is 1.28. The van der Waals surface area contributed by atoms with E-state index in [1.807, 2.05) is 13.8 Å². The van der Waals surface area contributed by atoms with Gasteiger partial charge in [-0.3, -0.25) is 14.9 Å². The number of nitrogens with zero attached hydrogens (tertiary/aromatic N) is 1. The lowest BCUT2D eigenvalue weighted by Gasteiger charge is -2.27. The normalized spacial score (nSPS) is 14.5. The molecular weight excluding hydrogens is 220 g/mol. The van der Waals surface area contributed by atoms with E-state index >= 15 is 0 Å². The summed E-state index contributed by atoms with van der Waals surface area (Å²) in [6.07, 6.45) is 1.33. The molecule has 0 aromatic carbocycles. The second kappa shape index (κ2) is 6.59. The minimum Gasteiger partial charge on any atom is -0.480 e. The van der Waals surface area contributed by atoms with Crippen LogP contribution in [0.4, 0.5) is 0 Å². The molecule has 0 spiro atoms. The summed E-state index contributed by atoms with van der Waals surface area (Å²) >= 11 is 0. The summed E-state index contributed by atoms with van der Waals surface area (Å²) in [4.78, 5) is 24.1. The van der Waals surface area contributed by atoms with Gasteiger partial charge in [0.1, 0.15) is 5.54 Å². The smallest absolute Gasteiger partial charge is 0.323 e. The molecule has 2 N–H and O–H groups in total. The number of rotatable bonds is 7. The third-order valence-corrected chi connectivity index (χ3v) is 2.82. The summed E-state index contributed by atoms with van der Waals surface area (Å²) in [6.45, 7) is 5.77. The summed E-state index contributed by atoms with van der Waals surface area (Å²) in [5, 5.41) is 12.1. The lowest BCUT2D eigenvalue weighted by molar-refractivity contribution is -0.145. The molecule has 1 atom stereocenters. The van der Waals surface area contributed by atoms with Crippen LogP contribution < -0.4 is 5.32 Å². The Morgan fingerprint density at radius 2 is 1.88 bits per heavy atom. The van der Waals surface area contributed by atoms with Gasteiger partial charge in [-0.1, -0.05) is 13.8 Å². The topological polar surface area (TPSA) is 69.6 Å². The molecule has 100 valence electrons. The highest BCUT2D eigenvalue weighted by molar-refractivity contribution is 5.81. The van der Waals surface area contributed by atoms with Crippen LogP contribution in [0, 0.1) is 5.92 Å². The van der Waals surface area contributed by atoms with E-state index in [0.717, 1.165) is 6.42 Å². The molecular formula is C12H24N2O3. The zero-order chi connectivity index (χ0) is 13.6. The van der Waals surface area contributed by atoms with Crippen LogP contribution in [-0.4, -0.2) is 48.1 Å². The predicted molar refractivity (Wildman–Crippen MR) is 66.8 cm³/mol. The van der Waals surface area contributed by atoms with Crippen molar-refractivity contribution in [2.45, 2.75) is 39.2 Å². The first-order chi connectivity index (χ1) is 7.69. The van der Waals surface area contributed by atoms with Crippen molar-refractivity contribution in [1.82, 2.24) is 10.2 Å². The number of amides is 1. The molecule has 0 aromatic rings. The molecule has 5 nitrogen and oxygen atoms in total. The van der Waals surface area contributed by atoms with Crippen LogP contribution in [0.15, 0.2) is 0 Å². The molecule has 5 heteroatoms. The minimum absolute atomic E-state index is 0.0495. The van der Waals surface area contributed by atoms with Crippen LogP contribution in [0.2, 0.25) is 0 Å². The van der Waals surface area contributed by atoms with E-state index in [4.69, 9.17) is 0 Å². The Morgan fingerprint density at radius 1 is 1.35 bits per heavy atom. The summed E-state index contributed by atoms with van der Waals surface area (Å²) in [5.74, 6) is -0.591. The van der Waals surface area contributed by atoms with Crippen molar-refractivity contribution in [3.05, 3.63) is 0 Å². The maximum atomic E-state index is 11.4. The van der Waals surface area contributed by atoms with Gasteiger partial charge in [-0.25, -0.2) is 0 Å². The maximum absolute atomic E-state index is 11.4. The van der Waals surface area contributed by atoms with Gasteiger partial charge in [0, 0.05) is 14.1 Å². The molecule has 17 heavy (non-hydrogen) atoms. The molecule has 0 radical (unpaired) electrons. The Bertz CT molecular complexity index is 277. The quantitative estimate of drug-likeness (QED) is 0.699. The van der Waals surface area contributed by atoms with Crippen molar-refractivity contribution in [3.63, 3.8) is 0 Å². The fourth-order valence-corrected chi connectivity index (χ4v) is 1.28. The molecule has 0 saturated heterocycles. The van der Waals surface area contributed by atoms with E-state index in [2.05, 4.69) is 5.32 Å². The summed E-state index contributed by atoms with van der Waals surface area (Å²) in [6, 6.07) is 0. The first-order valence-electron chi connectivity index (χ1n) is 5.87. The molecule has 0 aliphatic heterocycles. The van der Waals surface area contributed by atoms with Gasteiger partial charge < -0.3 is 10.0 Å². The lowest BCUT2D eigenvalue weighted by atomic mass is 9.92. The Labute approximate surface area is 103 Å². The van der Waals surface area contributed by atoms with Crippen LogP contribution in [0.25, 0.3) is 0 Å².